The van der Waals surface area contributed by atoms with Gasteiger partial charge in [0.1, 0.15) is 0 Å². The number of nitrogens with one attached hydrogen (secondary N) is 2. The third-order valence-corrected chi connectivity index (χ3v) is 2.27. The van der Waals surface area contributed by atoms with Crippen LogP contribution in [0.3, 0.4) is 0 Å². The third-order valence-electron chi connectivity index (χ3n) is 2.27. The number of rotatable bonds is 6. The Bertz CT molecular complexity index is 440. The van der Waals surface area contributed by atoms with E-state index in [0.29, 0.717) is 12.2 Å². The standard InChI is InChI=1S/C13H17N3O2/c1-10(9-18-2)16-13(17)8-15-12-5-3-4-11(6-12)7-14/h3-6,10,15H,8-9H2,1-2H3,(H,16,17). The van der Waals surface area contributed by atoms with Gasteiger partial charge in [-0.2, -0.15) is 5.26 Å². The molecule has 0 aliphatic carbocycles. The number of methoxy groups -OCH3 is 1. The van der Waals surface area contributed by atoms with Crippen LogP contribution in [-0.4, -0.2) is 32.2 Å². The van der Waals surface area contributed by atoms with Crippen molar-refractivity contribution in [1.82, 2.24) is 5.32 Å². The molecule has 1 aromatic rings. The molecule has 1 aromatic carbocycles. The molecule has 1 unspecified atom stereocenters. The zero-order chi connectivity index (χ0) is 13.4. The Morgan fingerprint density at radius 2 is 2.33 bits per heavy atom. The van der Waals surface area contributed by atoms with Gasteiger partial charge in [0.25, 0.3) is 0 Å². The van der Waals surface area contributed by atoms with Crippen molar-refractivity contribution in [2.75, 3.05) is 25.6 Å². The van der Waals surface area contributed by atoms with Crippen molar-refractivity contribution in [3.05, 3.63) is 29.8 Å². The lowest BCUT2D eigenvalue weighted by Crippen LogP contribution is -2.39. The van der Waals surface area contributed by atoms with Gasteiger partial charge in [0.2, 0.25) is 5.91 Å². The summed E-state index contributed by atoms with van der Waals surface area (Å²) in [6.07, 6.45) is 0. The Hall–Kier alpha value is -2.06. The van der Waals surface area contributed by atoms with Crippen LogP contribution in [0, 0.1) is 11.3 Å². The lowest BCUT2D eigenvalue weighted by Gasteiger charge is -2.13. The van der Waals surface area contributed by atoms with Crippen LogP contribution >= 0.6 is 0 Å². The van der Waals surface area contributed by atoms with E-state index in [-0.39, 0.29) is 18.5 Å². The fourth-order valence-electron chi connectivity index (χ4n) is 1.50. The van der Waals surface area contributed by atoms with E-state index >= 15 is 0 Å². The molecule has 5 heteroatoms. The fraction of sp³-hybridized carbons (Fsp3) is 0.385. The second kappa shape index (κ2) is 7.30. The normalized spacial score (nSPS) is 11.4. The van der Waals surface area contributed by atoms with E-state index in [1.165, 1.54) is 0 Å². The molecule has 18 heavy (non-hydrogen) atoms. The van der Waals surface area contributed by atoms with Crippen LogP contribution in [0.15, 0.2) is 24.3 Å². The first kappa shape index (κ1) is 14.0. The van der Waals surface area contributed by atoms with Crippen LogP contribution in [0.4, 0.5) is 5.69 Å². The average molecular weight is 247 g/mol. The second-order valence-electron chi connectivity index (χ2n) is 3.97. The lowest BCUT2D eigenvalue weighted by molar-refractivity contribution is -0.120. The Balaban J connectivity index is 2.40. The van der Waals surface area contributed by atoms with Crippen LogP contribution in [0.2, 0.25) is 0 Å². The molecule has 0 radical (unpaired) electrons. The number of amides is 1. The van der Waals surface area contributed by atoms with Gasteiger partial charge in [-0.15, -0.1) is 0 Å². The first-order chi connectivity index (χ1) is 8.65. The maximum Gasteiger partial charge on any atom is 0.239 e. The lowest BCUT2D eigenvalue weighted by atomic mass is 10.2. The molecule has 5 nitrogen and oxygen atoms in total. The number of anilines is 1. The first-order valence-electron chi connectivity index (χ1n) is 5.68. The number of nitriles is 1. The average Bonchev–Trinajstić information content (AvgIpc) is 2.37. The zero-order valence-corrected chi connectivity index (χ0v) is 10.6. The van der Waals surface area contributed by atoms with Gasteiger partial charge in [0.05, 0.1) is 24.8 Å². The van der Waals surface area contributed by atoms with Gasteiger partial charge in [-0.05, 0) is 25.1 Å². The highest BCUT2D eigenvalue weighted by atomic mass is 16.5. The van der Waals surface area contributed by atoms with E-state index in [1.807, 2.05) is 19.1 Å². The summed E-state index contributed by atoms with van der Waals surface area (Å²) >= 11 is 0. The van der Waals surface area contributed by atoms with Crippen molar-refractivity contribution in [3.8, 4) is 6.07 Å². The first-order valence-corrected chi connectivity index (χ1v) is 5.68. The highest BCUT2D eigenvalue weighted by molar-refractivity contribution is 5.81. The second-order valence-corrected chi connectivity index (χ2v) is 3.97. The molecule has 2 N–H and O–H groups in total. The summed E-state index contributed by atoms with van der Waals surface area (Å²) in [6.45, 7) is 2.52. The topological polar surface area (TPSA) is 74.2 Å². The smallest absolute Gasteiger partial charge is 0.239 e. The minimum Gasteiger partial charge on any atom is -0.383 e. The molecule has 0 aliphatic rings. The van der Waals surface area contributed by atoms with Gasteiger partial charge in [-0.3, -0.25) is 4.79 Å². The molecular formula is C13H17N3O2. The Morgan fingerprint density at radius 1 is 1.56 bits per heavy atom. The number of ether oxygens (including phenoxy) is 1. The predicted octanol–water partition coefficient (Wildman–Crippen LogP) is 1.12. The Morgan fingerprint density at radius 3 is 3.00 bits per heavy atom. The van der Waals surface area contributed by atoms with Crippen LogP contribution in [0.25, 0.3) is 0 Å². The summed E-state index contributed by atoms with van der Waals surface area (Å²) in [5, 5.41) is 14.5. The van der Waals surface area contributed by atoms with Crippen molar-refractivity contribution < 1.29 is 9.53 Å². The van der Waals surface area contributed by atoms with Crippen molar-refractivity contribution in [2.24, 2.45) is 0 Å². The van der Waals surface area contributed by atoms with Gasteiger partial charge >= 0.3 is 0 Å². The summed E-state index contributed by atoms with van der Waals surface area (Å²) < 4.78 is 4.93. The molecule has 1 atom stereocenters. The zero-order valence-electron chi connectivity index (χ0n) is 10.6. The maximum absolute atomic E-state index is 11.6. The molecule has 0 aliphatic heterocycles. The van der Waals surface area contributed by atoms with Crippen LogP contribution < -0.4 is 10.6 Å². The van der Waals surface area contributed by atoms with Gasteiger partial charge in [0.15, 0.2) is 0 Å². The quantitative estimate of drug-likeness (QED) is 0.790. The molecule has 0 bridgehead atoms. The van der Waals surface area contributed by atoms with Gasteiger partial charge in [-0.1, -0.05) is 6.07 Å². The van der Waals surface area contributed by atoms with Crippen LogP contribution in [-0.2, 0) is 9.53 Å². The minimum atomic E-state index is -0.109. The molecule has 0 saturated carbocycles. The van der Waals surface area contributed by atoms with Crippen molar-refractivity contribution in [3.63, 3.8) is 0 Å². The van der Waals surface area contributed by atoms with Crippen LogP contribution in [0.1, 0.15) is 12.5 Å². The van der Waals surface area contributed by atoms with Gasteiger partial charge in [0, 0.05) is 18.8 Å². The molecule has 96 valence electrons. The SMILES string of the molecule is COCC(C)NC(=O)CNc1cccc(C#N)c1. The molecule has 1 amide bonds. The van der Waals surface area contributed by atoms with Crippen molar-refractivity contribution in [2.45, 2.75) is 13.0 Å². The summed E-state index contributed by atoms with van der Waals surface area (Å²) in [5.41, 5.74) is 1.32. The van der Waals surface area contributed by atoms with E-state index in [2.05, 4.69) is 10.6 Å². The molecule has 0 fully saturated rings. The van der Waals surface area contributed by atoms with E-state index in [4.69, 9.17) is 10.00 Å². The summed E-state index contributed by atoms with van der Waals surface area (Å²) in [4.78, 5) is 11.6. The van der Waals surface area contributed by atoms with Crippen molar-refractivity contribution in [1.29, 1.82) is 5.26 Å². The summed E-state index contributed by atoms with van der Waals surface area (Å²) in [5.74, 6) is -0.109. The number of benzene rings is 1. The van der Waals surface area contributed by atoms with Gasteiger partial charge < -0.3 is 15.4 Å². The Kier molecular flexibility index (Phi) is 5.68. The van der Waals surface area contributed by atoms with E-state index in [0.717, 1.165) is 5.69 Å². The summed E-state index contributed by atoms with van der Waals surface area (Å²) in [6, 6.07) is 9.02. The number of hydrogen-bond acceptors (Lipinski definition) is 4. The number of hydrogen-bond donors (Lipinski definition) is 2. The van der Waals surface area contributed by atoms with Crippen LogP contribution in [0.5, 0.6) is 0 Å². The predicted molar refractivity (Wildman–Crippen MR) is 69.1 cm³/mol. The number of nitrogens with zero attached hydrogens (tertiary/aromatic N) is 1. The molecule has 0 heterocycles. The monoisotopic (exact) mass is 247 g/mol. The minimum absolute atomic E-state index is 0.0188. The highest BCUT2D eigenvalue weighted by Crippen LogP contribution is 2.08. The molecular weight excluding hydrogens is 230 g/mol. The number of carbonyl (C=O) groups excluding carboxylic acids is 1. The van der Waals surface area contributed by atoms with E-state index in [1.54, 1.807) is 25.3 Å². The largest absolute Gasteiger partial charge is 0.383 e. The maximum atomic E-state index is 11.6. The van der Waals surface area contributed by atoms with Crippen molar-refractivity contribution >= 4 is 11.6 Å². The number of carbonyl (C=O) groups is 1. The van der Waals surface area contributed by atoms with E-state index < -0.39 is 0 Å². The summed E-state index contributed by atoms with van der Waals surface area (Å²) in [7, 11) is 1.59. The molecule has 1 rings (SSSR count). The molecule has 0 saturated heterocycles. The Labute approximate surface area is 107 Å². The molecule has 0 spiro atoms. The van der Waals surface area contributed by atoms with E-state index in [9.17, 15) is 4.79 Å². The fourth-order valence-corrected chi connectivity index (χ4v) is 1.50. The molecule has 0 aromatic heterocycles. The van der Waals surface area contributed by atoms with Gasteiger partial charge in [-0.25, -0.2) is 0 Å². The highest BCUT2D eigenvalue weighted by Gasteiger charge is 2.06. The third kappa shape index (κ3) is 4.85.